The predicted molar refractivity (Wildman–Crippen MR) is 73.6 cm³/mol. The van der Waals surface area contributed by atoms with Gasteiger partial charge in [-0.05, 0) is 13.0 Å². The number of amides is 2. The van der Waals surface area contributed by atoms with Gasteiger partial charge in [-0.2, -0.15) is 0 Å². The van der Waals surface area contributed by atoms with Crippen LogP contribution in [-0.2, 0) is 9.59 Å². The molecule has 2 rings (SSSR count). The fourth-order valence-corrected chi connectivity index (χ4v) is 2.73. The second-order valence-electron chi connectivity index (χ2n) is 6.56. The second-order valence-corrected chi connectivity index (χ2v) is 6.56. The molecule has 5 heteroatoms. The van der Waals surface area contributed by atoms with Crippen LogP contribution in [0.15, 0.2) is 0 Å². The number of nitrogens with zero attached hydrogens (tertiary/aromatic N) is 2. The molecule has 2 fully saturated rings. The van der Waals surface area contributed by atoms with E-state index in [1.807, 2.05) is 30.6 Å². The van der Waals surface area contributed by atoms with Gasteiger partial charge in [-0.1, -0.05) is 20.8 Å². The van der Waals surface area contributed by atoms with Gasteiger partial charge in [0.25, 0.3) is 0 Å². The Morgan fingerprint density at radius 2 is 1.63 bits per heavy atom. The van der Waals surface area contributed by atoms with Crippen LogP contribution in [-0.4, -0.2) is 60.9 Å². The molecular weight excluding hydrogens is 242 g/mol. The first-order chi connectivity index (χ1) is 8.89. The summed E-state index contributed by atoms with van der Waals surface area (Å²) in [6.45, 7) is 10.3. The quantitative estimate of drug-likeness (QED) is 0.744. The van der Waals surface area contributed by atoms with E-state index in [0.29, 0.717) is 26.2 Å². The maximum absolute atomic E-state index is 12.3. The van der Waals surface area contributed by atoms with Crippen LogP contribution in [0.4, 0.5) is 0 Å². The highest BCUT2D eigenvalue weighted by atomic mass is 16.2. The Morgan fingerprint density at radius 3 is 2.11 bits per heavy atom. The van der Waals surface area contributed by atoms with Crippen LogP contribution in [0.1, 0.15) is 27.2 Å². The van der Waals surface area contributed by atoms with Crippen LogP contribution >= 0.6 is 0 Å². The first kappa shape index (κ1) is 14.3. The van der Waals surface area contributed by atoms with Crippen molar-refractivity contribution in [2.75, 3.05) is 39.3 Å². The van der Waals surface area contributed by atoms with Gasteiger partial charge in [-0.15, -0.1) is 0 Å². The molecule has 0 radical (unpaired) electrons. The van der Waals surface area contributed by atoms with E-state index >= 15 is 0 Å². The van der Waals surface area contributed by atoms with E-state index in [1.165, 1.54) is 0 Å². The molecule has 0 aromatic rings. The zero-order valence-corrected chi connectivity index (χ0v) is 12.2. The van der Waals surface area contributed by atoms with E-state index in [-0.39, 0.29) is 23.1 Å². The van der Waals surface area contributed by atoms with Crippen molar-refractivity contribution >= 4 is 11.8 Å². The van der Waals surface area contributed by atoms with Gasteiger partial charge in [0.15, 0.2) is 0 Å². The van der Waals surface area contributed by atoms with Gasteiger partial charge >= 0.3 is 0 Å². The van der Waals surface area contributed by atoms with Gasteiger partial charge < -0.3 is 15.1 Å². The fourth-order valence-electron chi connectivity index (χ4n) is 2.73. The molecule has 1 unspecified atom stereocenters. The van der Waals surface area contributed by atoms with Gasteiger partial charge in [0.05, 0.1) is 5.92 Å². The standard InChI is InChI=1S/C14H25N3O2/c1-14(2,3)13(19)17-8-6-16(7-9-17)12(18)11-4-5-15-10-11/h11,15H,4-10H2,1-3H3. The number of piperazine rings is 1. The minimum atomic E-state index is -0.332. The van der Waals surface area contributed by atoms with Crippen LogP contribution < -0.4 is 5.32 Å². The highest BCUT2D eigenvalue weighted by molar-refractivity contribution is 5.82. The maximum atomic E-state index is 12.3. The van der Waals surface area contributed by atoms with Crippen molar-refractivity contribution in [3.63, 3.8) is 0 Å². The SMILES string of the molecule is CC(C)(C)C(=O)N1CCN(C(=O)C2CCNC2)CC1. The van der Waals surface area contributed by atoms with Crippen molar-refractivity contribution in [1.82, 2.24) is 15.1 Å². The second kappa shape index (κ2) is 5.49. The van der Waals surface area contributed by atoms with Gasteiger partial charge in [-0.25, -0.2) is 0 Å². The summed E-state index contributed by atoms with van der Waals surface area (Å²) in [6.07, 6.45) is 0.944. The summed E-state index contributed by atoms with van der Waals surface area (Å²) in [5.41, 5.74) is -0.332. The summed E-state index contributed by atoms with van der Waals surface area (Å²) in [6, 6.07) is 0. The van der Waals surface area contributed by atoms with Crippen molar-refractivity contribution in [2.24, 2.45) is 11.3 Å². The lowest BCUT2D eigenvalue weighted by molar-refractivity contribution is -0.146. The summed E-state index contributed by atoms with van der Waals surface area (Å²) in [4.78, 5) is 28.2. The molecule has 2 saturated heterocycles. The molecule has 0 spiro atoms. The highest BCUT2D eigenvalue weighted by Crippen LogP contribution is 2.19. The lowest BCUT2D eigenvalue weighted by Gasteiger charge is -2.38. The summed E-state index contributed by atoms with van der Waals surface area (Å²) < 4.78 is 0. The summed E-state index contributed by atoms with van der Waals surface area (Å²) in [5, 5.41) is 3.23. The molecule has 0 aliphatic carbocycles. The molecule has 0 saturated carbocycles. The Balaban J connectivity index is 1.85. The number of carbonyl (C=O) groups excluding carboxylic acids is 2. The minimum Gasteiger partial charge on any atom is -0.339 e. The molecule has 5 nitrogen and oxygen atoms in total. The molecule has 2 heterocycles. The number of nitrogens with one attached hydrogen (secondary N) is 1. The van der Waals surface area contributed by atoms with Crippen molar-refractivity contribution in [3.05, 3.63) is 0 Å². The van der Waals surface area contributed by atoms with Crippen LogP contribution in [0, 0.1) is 11.3 Å². The molecule has 1 atom stereocenters. The van der Waals surface area contributed by atoms with Crippen molar-refractivity contribution < 1.29 is 9.59 Å². The van der Waals surface area contributed by atoms with E-state index in [4.69, 9.17) is 0 Å². The average Bonchev–Trinajstić information content (AvgIpc) is 2.90. The van der Waals surface area contributed by atoms with Crippen LogP contribution in [0.5, 0.6) is 0 Å². The largest absolute Gasteiger partial charge is 0.339 e. The number of rotatable bonds is 1. The predicted octanol–water partition coefficient (Wildman–Crippen LogP) is 0.313. The first-order valence-electron chi connectivity index (χ1n) is 7.18. The third kappa shape index (κ3) is 3.26. The Kier molecular flexibility index (Phi) is 4.13. The van der Waals surface area contributed by atoms with Crippen molar-refractivity contribution in [3.8, 4) is 0 Å². The molecule has 0 aromatic heterocycles. The Labute approximate surface area is 115 Å². The number of carbonyl (C=O) groups is 2. The Morgan fingerprint density at radius 1 is 1.05 bits per heavy atom. The summed E-state index contributed by atoms with van der Waals surface area (Å²) in [5.74, 6) is 0.583. The van der Waals surface area contributed by atoms with E-state index < -0.39 is 0 Å². The van der Waals surface area contributed by atoms with E-state index in [9.17, 15) is 9.59 Å². The van der Waals surface area contributed by atoms with E-state index in [0.717, 1.165) is 19.5 Å². The van der Waals surface area contributed by atoms with Gasteiger partial charge in [0.1, 0.15) is 0 Å². The maximum Gasteiger partial charge on any atom is 0.228 e. The highest BCUT2D eigenvalue weighted by Gasteiger charge is 2.33. The molecule has 1 N–H and O–H groups in total. The van der Waals surface area contributed by atoms with Gasteiger partial charge in [0, 0.05) is 38.1 Å². The van der Waals surface area contributed by atoms with Crippen LogP contribution in [0.3, 0.4) is 0 Å². The zero-order valence-electron chi connectivity index (χ0n) is 12.2. The normalized spacial score (nSPS) is 24.7. The molecule has 0 bridgehead atoms. The number of hydrogen-bond acceptors (Lipinski definition) is 3. The lowest BCUT2D eigenvalue weighted by Crippen LogP contribution is -2.54. The van der Waals surface area contributed by atoms with Crippen LogP contribution in [0.2, 0.25) is 0 Å². The molecule has 2 aliphatic rings. The lowest BCUT2D eigenvalue weighted by atomic mass is 9.94. The minimum absolute atomic E-state index is 0.143. The van der Waals surface area contributed by atoms with E-state index in [1.54, 1.807) is 0 Å². The molecular formula is C14H25N3O2. The van der Waals surface area contributed by atoms with Gasteiger partial charge in [0.2, 0.25) is 11.8 Å². The van der Waals surface area contributed by atoms with Gasteiger partial charge in [-0.3, -0.25) is 9.59 Å². The molecule has 2 aliphatic heterocycles. The smallest absolute Gasteiger partial charge is 0.228 e. The van der Waals surface area contributed by atoms with E-state index in [2.05, 4.69) is 5.32 Å². The summed E-state index contributed by atoms with van der Waals surface area (Å²) in [7, 11) is 0. The molecule has 0 aromatic carbocycles. The Hall–Kier alpha value is -1.10. The fraction of sp³-hybridized carbons (Fsp3) is 0.857. The van der Waals surface area contributed by atoms with Crippen molar-refractivity contribution in [1.29, 1.82) is 0 Å². The molecule has 108 valence electrons. The molecule has 19 heavy (non-hydrogen) atoms. The summed E-state index contributed by atoms with van der Waals surface area (Å²) >= 11 is 0. The zero-order chi connectivity index (χ0) is 14.0. The number of hydrogen-bond donors (Lipinski definition) is 1. The molecule has 2 amide bonds. The first-order valence-corrected chi connectivity index (χ1v) is 7.18. The third-order valence-electron chi connectivity index (χ3n) is 3.93. The van der Waals surface area contributed by atoms with Crippen molar-refractivity contribution in [2.45, 2.75) is 27.2 Å². The topological polar surface area (TPSA) is 52.7 Å². The third-order valence-corrected chi connectivity index (χ3v) is 3.93. The monoisotopic (exact) mass is 267 g/mol. The average molecular weight is 267 g/mol. The van der Waals surface area contributed by atoms with Crippen LogP contribution in [0.25, 0.3) is 0 Å². The Bertz CT molecular complexity index is 348.